The Morgan fingerprint density at radius 3 is 2.76 bits per heavy atom. The van der Waals surface area contributed by atoms with Gasteiger partial charge in [-0.3, -0.25) is 14.2 Å². The van der Waals surface area contributed by atoms with Crippen LogP contribution in [0.4, 0.5) is 0 Å². The van der Waals surface area contributed by atoms with Crippen LogP contribution in [0, 0.1) is 6.92 Å². The highest BCUT2D eigenvalue weighted by molar-refractivity contribution is 7.20. The number of ether oxygens (including phenoxy) is 2. The average molecular weight is 415 g/mol. The zero-order valence-electron chi connectivity index (χ0n) is 16.4. The number of benzene rings is 1. The third kappa shape index (κ3) is 4.29. The lowest BCUT2D eigenvalue weighted by atomic mass is 10.2. The zero-order chi connectivity index (χ0) is 21.0. The molecule has 152 valence electrons. The van der Waals surface area contributed by atoms with Crippen LogP contribution in [0.3, 0.4) is 0 Å². The molecule has 0 aliphatic heterocycles. The van der Waals surface area contributed by atoms with Crippen LogP contribution in [-0.4, -0.2) is 35.1 Å². The van der Waals surface area contributed by atoms with Crippen LogP contribution < -0.4 is 15.6 Å². The lowest BCUT2D eigenvalue weighted by molar-refractivity contribution is -0.121. The summed E-state index contributed by atoms with van der Waals surface area (Å²) in [6.45, 7) is 3.74. The molecule has 2 aromatic heterocycles. The van der Waals surface area contributed by atoms with Crippen LogP contribution in [0.5, 0.6) is 5.75 Å². The first kappa shape index (κ1) is 20.5. The van der Waals surface area contributed by atoms with Gasteiger partial charge in [0, 0.05) is 12.1 Å². The number of para-hydroxylation sites is 1. The highest BCUT2D eigenvalue weighted by atomic mass is 32.1. The molecular formula is C20H21N3O5S. The molecule has 9 heteroatoms. The summed E-state index contributed by atoms with van der Waals surface area (Å²) in [4.78, 5) is 42.3. The van der Waals surface area contributed by atoms with Gasteiger partial charge in [0.1, 0.15) is 22.0 Å². The monoisotopic (exact) mass is 415 g/mol. The summed E-state index contributed by atoms with van der Waals surface area (Å²) in [7, 11) is 1.56. The summed E-state index contributed by atoms with van der Waals surface area (Å²) in [5, 5.41) is 3.11. The fraction of sp³-hybridized carbons (Fsp3) is 0.300. The van der Waals surface area contributed by atoms with Crippen molar-refractivity contribution in [2.45, 2.75) is 26.9 Å². The predicted molar refractivity (Wildman–Crippen MR) is 109 cm³/mol. The number of hydrogen-bond acceptors (Lipinski definition) is 7. The number of nitrogens with one attached hydrogen (secondary N) is 1. The predicted octanol–water partition coefficient (Wildman–Crippen LogP) is 2.27. The molecule has 0 aliphatic rings. The van der Waals surface area contributed by atoms with Crippen molar-refractivity contribution >= 4 is 33.4 Å². The van der Waals surface area contributed by atoms with Crippen molar-refractivity contribution < 1.29 is 19.1 Å². The van der Waals surface area contributed by atoms with Crippen LogP contribution in [0.15, 0.2) is 35.4 Å². The summed E-state index contributed by atoms with van der Waals surface area (Å²) in [5.74, 6) is -0.139. The van der Waals surface area contributed by atoms with E-state index in [9.17, 15) is 14.4 Å². The standard InChI is InChI=1S/C20H21N3O5S/c1-4-28-20(26)17-12(2)16-18(29-17)22-11-23(19(16)25)10-15(24)21-9-13-7-5-6-8-14(13)27-3/h5-8,11H,4,9-10H2,1-3H3,(H,21,24). The van der Waals surface area contributed by atoms with E-state index in [4.69, 9.17) is 9.47 Å². The van der Waals surface area contributed by atoms with E-state index >= 15 is 0 Å². The number of carbonyl (C=O) groups is 2. The van der Waals surface area contributed by atoms with Crippen molar-refractivity contribution in [3.8, 4) is 5.75 Å². The van der Waals surface area contributed by atoms with Gasteiger partial charge in [0.15, 0.2) is 0 Å². The van der Waals surface area contributed by atoms with E-state index < -0.39 is 5.97 Å². The highest BCUT2D eigenvalue weighted by Crippen LogP contribution is 2.27. The Hall–Kier alpha value is -3.20. The first-order valence-corrected chi connectivity index (χ1v) is 9.82. The zero-order valence-corrected chi connectivity index (χ0v) is 17.2. The minimum absolute atomic E-state index is 0.180. The normalized spacial score (nSPS) is 10.7. The summed E-state index contributed by atoms with van der Waals surface area (Å²) in [6.07, 6.45) is 1.32. The van der Waals surface area contributed by atoms with Crippen molar-refractivity contribution in [1.82, 2.24) is 14.9 Å². The van der Waals surface area contributed by atoms with Gasteiger partial charge in [-0.25, -0.2) is 9.78 Å². The molecular weight excluding hydrogens is 394 g/mol. The third-order valence-electron chi connectivity index (χ3n) is 4.36. The molecule has 1 aromatic carbocycles. The Kier molecular flexibility index (Phi) is 6.28. The number of carbonyl (C=O) groups excluding carboxylic acids is 2. The molecule has 0 unspecified atom stereocenters. The Balaban J connectivity index is 1.79. The lowest BCUT2D eigenvalue weighted by Gasteiger charge is -2.10. The molecule has 3 rings (SSSR count). The van der Waals surface area contributed by atoms with Gasteiger partial charge in [0.05, 0.1) is 25.4 Å². The second-order valence-corrected chi connectivity index (χ2v) is 7.22. The van der Waals surface area contributed by atoms with Gasteiger partial charge < -0.3 is 14.8 Å². The van der Waals surface area contributed by atoms with E-state index in [-0.39, 0.29) is 31.2 Å². The number of fused-ring (bicyclic) bond motifs is 1. The first-order chi connectivity index (χ1) is 14.0. The van der Waals surface area contributed by atoms with E-state index in [0.717, 1.165) is 16.9 Å². The SMILES string of the molecule is CCOC(=O)c1sc2ncn(CC(=O)NCc3ccccc3OC)c(=O)c2c1C. The topological polar surface area (TPSA) is 99.5 Å². The van der Waals surface area contributed by atoms with E-state index in [1.54, 1.807) is 21.0 Å². The van der Waals surface area contributed by atoms with Crippen molar-refractivity contribution in [3.05, 3.63) is 57.0 Å². The minimum atomic E-state index is -0.478. The molecule has 0 aliphatic carbocycles. The van der Waals surface area contributed by atoms with Crippen molar-refractivity contribution in [1.29, 1.82) is 0 Å². The fourth-order valence-electron chi connectivity index (χ4n) is 2.92. The molecule has 0 fully saturated rings. The van der Waals surface area contributed by atoms with Gasteiger partial charge in [-0.15, -0.1) is 11.3 Å². The Morgan fingerprint density at radius 1 is 1.28 bits per heavy atom. The number of esters is 1. The number of rotatable bonds is 7. The lowest BCUT2D eigenvalue weighted by Crippen LogP contribution is -2.32. The number of thiophene rings is 1. The summed E-state index contributed by atoms with van der Waals surface area (Å²) in [5.41, 5.74) is 0.980. The smallest absolute Gasteiger partial charge is 0.348 e. The Labute approximate surface area is 171 Å². The van der Waals surface area contributed by atoms with E-state index in [2.05, 4.69) is 10.3 Å². The maximum absolute atomic E-state index is 12.8. The first-order valence-electron chi connectivity index (χ1n) is 9.00. The second-order valence-electron chi connectivity index (χ2n) is 6.22. The maximum Gasteiger partial charge on any atom is 0.348 e. The largest absolute Gasteiger partial charge is 0.496 e. The van der Waals surface area contributed by atoms with E-state index in [0.29, 0.717) is 26.4 Å². The van der Waals surface area contributed by atoms with Crippen molar-refractivity contribution in [2.24, 2.45) is 0 Å². The van der Waals surface area contributed by atoms with Crippen molar-refractivity contribution in [2.75, 3.05) is 13.7 Å². The molecule has 0 atom stereocenters. The number of methoxy groups -OCH3 is 1. The Morgan fingerprint density at radius 2 is 2.03 bits per heavy atom. The summed E-state index contributed by atoms with van der Waals surface area (Å²) in [6, 6.07) is 7.36. The van der Waals surface area contributed by atoms with Crippen LogP contribution in [-0.2, 0) is 22.6 Å². The molecule has 8 nitrogen and oxygen atoms in total. The molecule has 29 heavy (non-hydrogen) atoms. The average Bonchev–Trinajstić information content (AvgIpc) is 3.06. The van der Waals surface area contributed by atoms with E-state index in [1.807, 2.05) is 24.3 Å². The molecule has 2 heterocycles. The summed E-state index contributed by atoms with van der Waals surface area (Å²) >= 11 is 1.11. The molecule has 0 saturated heterocycles. The molecule has 1 N–H and O–H groups in total. The maximum atomic E-state index is 12.8. The Bertz CT molecular complexity index is 1120. The van der Waals surface area contributed by atoms with Gasteiger partial charge in [0.25, 0.3) is 5.56 Å². The quantitative estimate of drug-likeness (QED) is 0.594. The van der Waals surface area contributed by atoms with Crippen LogP contribution >= 0.6 is 11.3 Å². The molecule has 3 aromatic rings. The number of hydrogen-bond donors (Lipinski definition) is 1. The van der Waals surface area contributed by atoms with E-state index in [1.165, 1.54) is 10.9 Å². The summed E-state index contributed by atoms with van der Waals surface area (Å²) < 4.78 is 11.5. The van der Waals surface area contributed by atoms with Gasteiger partial charge in [-0.05, 0) is 25.5 Å². The van der Waals surface area contributed by atoms with Gasteiger partial charge >= 0.3 is 5.97 Å². The molecule has 0 spiro atoms. The van der Waals surface area contributed by atoms with Crippen LogP contribution in [0.25, 0.3) is 10.2 Å². The fourth-order valence-corrected chi connectivity index (χ4v) is 3.95. The second kappa shape index (κ2) is 8.87. The number of amides is 1. The van der Waals surface area contributed by atoms with Gasteiger partial charge in [-0.1, -0.05) is 18.2 Å². The number of aromatic nitrogens is 2. The molecule has 0 bridgehead atoms. The van der Waals surface area contributed by atoms with Crippen LogP contribution in [0.1, 0.15) is 27.7 Å². The van der Waals surface area contributed by atoms with Crippen molar-refractivity contribution in [3.63, 3.8) is 0 Å². The highest BCUT2D eigenvalue weighted by Gasteiger charge is 2.20. The molecule has 0 radical (unpaired) electrons. The molecule has 1 amide bonds. The minimum Gasteiger partial charge on any atom is -0.496 e. The number of aryl methyl sites for hydroxylation is 1. The van der Waals surface area contributed by atoms with Crippen LogP contribution in [0.2, 0.25) is 0 Å². The third-order valence-corrected chi connectivity index (χ3v) is 5.54. The van der Waals surface area contributed by atoms with Gasteiger partial charge in [-0.2, -0.15) is 0 Å². The number of nitrogens with zero attached hydrogens (tertiary/aromatic N) is 2. The molecule has 0 saturated carbocycles. The van der Waals surface area contributed by atoms with Gasteiger partial charge in [0.2, 0.25) is 5.91 Å².